The van der Waals surface area contributed by atoms with Gasteiger partial charge in [-0.2, -0.15) is 0 Å². The lowest BCUT2D eigenvalue weighted by molar-refractivity contribution is -0.132. The topological polar surface area (TPSA) is 99.3 Å². The molecule has 2 aromatic carbocycles. The maximum atomic E-state index is 13.7. The van der Waals surface area contributed by atoms with Crippen LogP contribution in [0.5, 0.6) is 0 Å². The summed E-state index contributed by atoms with van der Waals surface area (Å²) < 4.78 is 1.14. The lowest BCUT2D eigenvalue weighted by Gasteiger charge is -2.27. The third-order valence-electron chi connectivity index (χ3n) is 7.18. The van der Waals surface area contributed by atoms with Gasteiger partial charge in [-0.05, 0) is 78.9 Å². The van der Waals surface area contributed by atoms with E-state index in [-0.39, 0.29) is 17.7 Å². The van der Waals surface area contributed by atoms with Crippen LogP contribution in [0, 0.1) is 12.8 Å². The zero-order valence-corrected chi connectivity index (χ0v) is 22.8. The van der Waals surface area contributed by atoms with Crippen molar-refractivity contribution in [3.05, 3.63) is 76.7 Å². The Hall–Kier alpha value is -3.49. The minimum Gasteiger partial charge on any atom is -0.344 e. The van der Waals surface area contributed by atoms with Crippen molar-refractivity contribution in [3.8, 4) is 0 Å². The van der Waals surface area contributed by atoms with Gasteiger partial charge in [-0.3, -0.25) is 14.4 Å². The van der Waals surface area contributed by atoms with E-state index in [4.69, 9.17) is 0 Å². The maximum absolute atomic E-state index is 13.7. The van der Waals surface area contributed by atoms with Crippen molar-refractivity contribution >= 4 is 45.2 Å². The third kappa shape index (κ3) is 6.88. The van der Waals surface area contributed by atoms with E-state index < -0.39 is 12.2 Å². The van der Waals surface area contributed by atoms with E-state index in [0.717, 1.165) is 58.3 Å². The van der Waals surface area contributed by atoms with Crippen molar-refractivity contribution in [3.63, 3.8) is 0 Å². The predicted octanol–water partition coefficient (Wildman–Crippen LogP) is 3.92. The first-order chi connectivity index (χ1) is 18.5. The molecular weight excluding hydrogens is 496 g/mol. The molecule has 8 heteroatoms. The summed E-state index contributed by atoms with van der Waals surface area (Å²) in [5.41, 5.74) is 4.22. The molecule has 0 bridgehead atoms. The summed E-state index contributed by atoms with van der Waals surface area (Å²) in [6.45, 7) is 5.57. The zero-order chi connectivity index (χ0) is 26.9. The Kier molecular flexibility index (Phi) is 9.67. The molecule has 1 aliphatic rings. The van der Waals surface area contributed by atoms with E-state index in [1.807, 2.05) is 62.4 Å². The van der Waals surface area contributed by atoms with E-state index in [1.54, 1.807) is 11.3 Å². The molecule has 3 amide bonds. The van der Waals surface area contributed by atoms with Crippen molar-refractivity contribution in [1.29, 1.82) is 0 Å². The lowest BCUT2D eigenvalue weighted by Crippen LogP contribution is -2.55. The summed E-state index contributed by atoms with van der Waals surface area (Å²) in [6, 6.07) is 15.3. The van der Waals surface area contributed by atoms with Gasteiger partial charge in [0.25, 0.3) is 0 Å². The smallest absolute Gasteiger partial charge is 0.244 e. The molecular formula is C30H36N4O3S. The van der Waals surface area contributed by atoms with Gasteiger partial charge in [0.05, 0.1) is 0 Å². The summed E-state index contributed by atoms with van der Waals surface area (Å²) in [5, 5.41) is 15.2. The molecule has 4 rings (SSSR count). The number of allylic oxidation sites excluding steroid dienone is 1. The molecule has 4 N–H and O–H groups in total. The number of carbonyl (C=O) groups is 3. The number of rotatable bonds is 11. The fraction of sp³-hybridized carbons (Fsp3) is 0.367. The van der Waals surface area contributed by atoms with Crippen molar-refractivity contribution in [2.75, 3.05) is 13.1 Å². The summed E-state index contributed by atoms with van der Waals surface area (Å²) in [5.74, 6) is -0.535. The van der Waals surface area contributed by atoms with Gasteiger partial charge >= 0.3 is 0 Å². The largest absolute Gasteiger partial charge is 0.344 e. The van der Waals surface area contributed by atoms with Crippen molar-refractivity contribution < 1.29 is 14.4 Å². The second-order valence-electron chi connectivity index (χ2n) is 9.73. The minimum absolute atomic E-state index is 0.0971. The lowest BCUT2D eigenvalue weighted by atomic mass is 9.95. The molecule has 0 unspecified atom stereocenters. The van der Waals surface area contributed by atoms with Gasteiger partial charge in [0.1, 0.15) is 12.2 Å². The summed E-state index contributed by atoms with van der Waals surface area (Å²) in [7, 11) is 0. The SMILES string of the molecule is C/C=C(/C[C@H](NC=O)NC(=O)[C@@H](Cc1csc2ccccc12)NC(=O)C1CCNCC1)c1ccccc1C. The summed E-state index contributed by atoms with van der Waals surface area (Å²) in [6.07, 6.45) is 4.27. The minimum atomic E-state index is -0.765. The number of thiophene rings is 1. The number of piperidine rings is 1. The molecule has 0 aliphatic carbocycles. The third-order valence-corrected chi connectivity index (χ3v) is 8.19. The summed E-state index contributed by atoms with van der Waals surface area (Å²) >= 11 is 1.63. The van der Waals surface area contributed by atoms with Crippen LogP contribution < -0.4 is 21.3 Å². The normalized spacial score (nSPS) is 16.0. The summed E-state index contributed by atoms with van der Waals surface area (Å²) in [4.78, 5) is 38.3. The van der Waals surface area contributed by atoms with E-state index in [9.17, 15) is 14.4 Å². The van der Waals surface area contributed by atoms with Crippen LogP contribution in [0.25, 0.3) is 15.7 Å². The number of aryl methyl sites for hydroxylation is 1. The average molecular weight is 533 g/mol. The Balaban J connectivity index is 1.54. The predicted molar refractivity (Wildman–Crippen MR) is 154 cm³/mol. The van der Waals surface area contributed by atoms with Crippen molar-refractivity contribution in [2.45, 2.75) is 51.7 Å². The Morgan fingerprint density at radius 2 is 1.82 bits per heavy atom. The van der Waals surface area contributed by atoms with Gasteiger partial charge in [0, 0.05) is 23.5 Å². The van der Waals surface area contributed by atoms with Crippen LogP contribution in [-0.2, 0) is 20.8 Å². The monoisotopic (exact) mass is 532 g/mol. The molecule has 1 aliphatic heterocycles. The van der Waals surface area contributed by atoms with E-state index >= 15 is 0 Å². The molecule has 38 heavy (non-hydrogen) atoms. The van der Waals surface area contributed by atoms with Crippen LogP contribution in [0.15, 0.2) is 60.0 Å². The van der Waals surface area contributed by atoms with E-state index in [0.29, 0.717) is 19.3 Å². The van der Waals surface area contributed by atoms with Crippen molar-refractivity contribution in [1.82, 2.24) is 21.3 Å². The Bertz CT molecular complexity index is 1300. The van der Waals surface area contributed by atoms with Gasteiger partial charge in [-0.1, -0.05) is 48.5 Å². The number of amides is 3. The molecule has 1 fully saturated rings. The molecule has 1 aromatic heterocycles. The first kappa shape index (κ1) is 27.5. The molecule has 0 saturated carbocycles. The standard InChI is InChI=1S/C30H36N4O3S/c1-3-21(24-9-5-4-8-20(24)2)17-28(32-19-35)34-30(37)26(33-29(36)22-12-14-31-15-13-22)16-23-18-38-27-11-7-6-10-25(23)27/h3-11,18-19,22,26,28,31H,12-17H2,1-2H3,(H,32,35)(H,33,36)(H,34,37)/b21-3-/t26-,28-/m1/s1. The first-order valence-electron chi connectivity index (χ1n) is 13.2. The molecule has 200 valence electrons. The number of benzene rings is 2. The van der Waals surface area contributed by atoms with Crippen LogP contribution in [0.3, 0.4) is 0 Å². The van der Waals surface area contributed by atoms with Crippen LogP contribution in [0.1, 0.15) is 42.9 Å². The van der Waals surface area contributed by atoms with E-state index in [2.05, 4.69) is 32.7 Å². The quantitative estimate of drug-likeness (QED) is 0.222. The number of nitrogens with one attached hydrogen (secondary N) is 4. The van der Waals surface area contributed by atoms with Gasteiger partial charge in [-0.25, -0.2) is 0 Å². The van der Waals surface area contributed by atoms with Crippen LogP contribution >= 0.6 is 11.3 Å². The van der Waals surface area contributed by atoms with Crippen LogP contribution in [-0.4, -0.2) is 43.5 Å². The highest BCUT2D eigenvalue weighted by atomic mass is 32.1. The molecule has 0 radical (unpaired) electrons. The molecule has 2 heterocycles. The van der Waals surface area contributed by atoms with Crippen LogP contribution in [0.2, 0.25) is 0 Å². The van der Waals surface area contributed by atoms with Gasteiger partial charge in [0.2, 0.25) is 18.2 Å². The van der Waals surface area contributed by atoms with E-state index in [1.165, 1.54) is 0 Å². The number of carbonyl (C=O) groups excluding carboxylic acids is 3. The highest BCUT2D eigenvalue weighted by molar-refractivity contribution is 7.17. The van der Waals surface area contributed by atoms with Gasteiger partial charge in [-0.15, -0.1) is 11.3 Å². The first-order valence-corrected chi connectivity index (χ1v) is 14.1. The van der Waals surface area contributed by atoms with Gasteiger partial charge < -0.3 is 21.3 Å². The number of fused-ring (bicyclic) bond motifs is 1. The zero-order valence-electron chi connectivity index (χ0n) is 22.0. The van der Waals surface area contributed by atoms with Gasteiger partial charge in [0.15, 0.2) is 0 Å². The highest BCUT2D eigenvalue weighted by Crippen LogP contribution is 2.27. The highest BCUT2D eigenvalue weighted by Gasteiger charge is 2.29. The molecule has 0 spiro atoms. The average Bonchev–Trinajstić information content (AvgIpc) is 3.35. The Morgan fingerprint density at radius 1 is 1.08 bits per heavy atom. The Labute approximate surface area is 228 Å². The Morgan fingerprint density at radius 3 is 2.55 bits per heavy atom. The molecule has 3 aromatic rings. The second-order valence-corrected chi connectivity index (χ2v) is 10.6. The van der Waals surface area contributed by atoms with Crippen molar-refractivity contribution in [2.24, 2.45) is 5.92 Å². The second kappa shape index (κ2) is 13.3. The number of hydrogen-bond donors (Lipinski definition) is 4. The maximum Gasteiger partial charge on any atom is 0.244 e. The molecule has 7 nitrogen and oxygen atoms in total. The van der Waals surface area contributed by atoms with Crippen LogP contribution in [0.4, 0.5) is 0 Å². The fourth-order valence-corrected chi connectivity index (χ4v) is 6.01. The molecule has 1 saturated heterocycles. The molecule has 2 atom stereocenters. The number of hydrogen-bond acceptors (Lipinski definition) is 5. The fourth-order valence-electron chi connectivity index (χ4n) is 5.04.